The second-order valence-corrected chi connectivity index (χ2v) is 6.29. The number of anilines is 1. The van der Waals surface area contributed by atoms with Crippen molar-refractivity contribution in [3.8, 4) is 0 Å². The van der Waals surface area contributed by atoms with E-state index in [0.29, 0.717) is 15.7 Å². The number of Topliss-reactive ketones (excluding diaryl/α,β-unsaturated/α-hetero) is 1. The first-order valence-electron chi connectivity index (χ1n) is 4.20. The van der Waals surface area contributed by atoms with Crippen molar-refractivity contribution >= 4 is 65.8 Å². The lowest BCUT2D eigenvalue weighted by atomic mass is 10.1. The number of carbonyl (C=O) groups is 1. The fourth-order valence-electron chi connectivity index (χ4n) is 1.05. The molecule has 1 N–H and O–H groups in total. The van der Waals surface area contributed by atoms with Gasteiger partial charge in [-0.1, -0.05) is 22.0 Å². The van der Waals surface area contributed by atoms with E-state index in [0.717, 1.165) is 6.26 Å². The summed E-state index contributed by atoms with van der Waals surface area (Å²) in [5.41, 5.74) is 0.806. The van der Waals surface area contributed by atoms with E-state index in [1.165, 1.54) is 6.07 Å². The van der Waals surface area contributed by atoms with Gasteiger partial charge in [-0.15, -0.1) is 12.4 Å². The van der Waals surface area contributed by atoms with Crippen LogP contribution < -0.4 is 4.72 Å². The highest BCUT2D eigenvalue weighted by atomic mass is 79.9. The Balaban J connectivity index is 0.00000256. The zero-order valence-corrected chi connectivity index (χ0v) is 13.5. The molecule has 0 aliphatic heterocycles. The summed E-state index contributed by atoms with van der Waals surface area (Å²) in [6, 6.07) is 4.75. The lowest BCUT2D eigenvalue weighted by Crippen LogP contribution is -2.11. The van der Waals surface area contributed by atoms with Crippen molar-refractivity contribution in [3.05, 3.63) is 28.2 Å². The summed E-state index contributed by atoms with van der Waals surface area (Å²) in [5, 5.41) is 0.201. The maximum absolute atomic E-state index is 11.4. The molecule has 17 heavy (non-hydrogen) atoms. The number of hydrogen-bond donors (Lipinski definition) is 1. The third-order valence-electron chi connectivity index (χ3n) is 1.71. The minimum Gasteiger partial charge on any atom is -0.293 e. The summed E-state index contributed by atoms with van der Waals surface area (Å²) in [4.78, 5) is 11.4. The molecule has 1 rings (SSSR count). The van der Waals surface area contributed by atoms with Gasteiger partial charge < -0.3 is 0 Å². The Morgan fingerprint density at radius 1 is 1.41 bits per heavy atom. The van der Waals surface area contributed by atoms with Gasteiger partial charge in [0.15, 0.2) is 5.78 Å². The Morgan fingerprint density at radius 3 is 2.47 bits per heavy atom. The van der Waals surface area contributed by atoms with E-state index in [1.807, 2.05) is 0 Å². The Kier molecular flexibility index (Phi) is 6.68. The molecule has 0 saturated carbocycles. The Morgan fingerprint density at radius 2 is 2.00 bits per heavy atom. The molecule has 0 radical (unpaired) electrons. The number of sulfonamides is 1. The van der Waals surface area contributed by atoms with Crippen molar-refractivity contribution in [2.24, 2.45) is 0 Å². The van der Waals surface area contributed by atoms with Crippen LogP contribution in [0.15, 0.2) is 22.7 Å². The van der Waals surface area contributed by atoms with E-state index in [4.69, 9.17) is 0 Å². The number of hydrogen-bond acceptors (Lipinski definition) is 3. The number of benzene rings is 1. The van der Waals surface area contributed by atoms with E-state index >= 15 is 0 Å². The van der Waals surface area contributed by atoms with Gasteiger partial charge in [0.05, 0.1) is 17.3 Å². The monoisotopic (exact) mass is 405 g/mol. The first kappa shape index (κ1) is 16.9. The van der Waals surface area contributed by atoms with Crippen molar-refractivity contribution in [2.45, 2.75) is 0 Å². The molecule has 0 aliphatic rings. The zero-order chi connectivity index (χ0) is 12.3. The molecule has 0 unspecified atom stereocenters. The quantitative estimate of drug-likeness (QED) is 0.617. The van der Waals surface area contributed by atoms with Gasteiger partial charge >= 0.3 is 0 Å². The Labute approximate surface area is 123 Å². The maximum Gasteiger partial charge on any atom is 0.229 e. The van der Waals surface area contributed by atoms with Gasteiger partial charge in [-0.2, -0.15) is 0 Å². The second-order valence-electron chi connectivity index (χ2n) is 3.13. The van der Waals surface area contributed by atoms with Crippen molar-refractivity contribution in [1.29, 1.82) is 0 Å². The minimum atomic E-state index is -3.35. The zero-order valence-electron chi connectivity index (χ0n) is 8.74. The lowest BCUT2D eigenvalue weighted by molar-refractivity contribution is 0.102. The lowest BCUT2D eigenvalue weighted by Gasteiger charge is -2.07. The van der Waals surface area contributed by atoms with Crippen LogP contribution in [0, 0.1) is 0 Å². The van der Waals surface area contributed by atoms with E-state index in [-0.39, 0.29) is 23.5 Å². The third-order valence-corrected chi connectivity index (χ3v) is 3.50. The van der Waals surface area contributed by atoms with Crippen molar-refractivity contribution in [3.63, 3.8) is 0 Å². The molecule has 0 bridgehead atoms. The fourth-order valence-corrected chi connectivity index (χ4v) is 2.42. The molecular weight excluding hydrogens is 397 g/mol. The molecule has 1 aromatic carbocycles. The summed E-state index contributed by atoms with van der Waals surface area (Å²) in [6.07, 6.45) is 1.05. The number of alkyl halides is 1. The molecule has 8 heteroatoms. The standard InChI is InChI=1S/C9H9Br2NO3S.ClH/c1-16(14,15)12-8-4-6(9(13)5-10)2-3-7(8)11;/h2-4,12H,5H2,1H3;1H. The minimum absolute atomic E-state index is 0. The van der Waals surface area contributed by atoms with Crippen LogP contribution in [0.1, 0.15) is 10.4 Å². The largest absolute Gasteiger partial charge is 0.293 e. The van der Waals surface area contributed by atoms with Crippen LogP contribution >= 0.6 is 44.3 Å². The first-order chi connectivity index (χ1) is 7.33. The molecule has 4 nitrogen and oxygen atoms in total. The summed E-state index contributed by atoms with van der Waals surface area (Å²) in [5.74, 6) is -0.107. The summed E-state index contributed by atoms with van der Waals surface area (Å²) in [6.45, 7) is 0. The molecule has 96 valence electrons. The predicted molar refractivity (Wildman–Crippen MR) is 78.0 cm³/mol. The number of ketones is 1. The SMILES string of the molecule is CS(=O)(=O)Nc1cc(C(=O)CBr)ccc1Br.Cl. The molecule has 0 atom stereocenters. The van der Waals surface area contributed by atoms with Crippen molar-refractivity contribution in [2.75, 3.05) is 16.3 Å². The van der Waals surface area contributed by atoms with Gasteiger partial charge in [0, 0.05) is 10.0 Å². The molecular formula is C9H10Br2ClNO3S. The Hall–Kier alpha value is -0.110. The van der Waals surface area contributed by atoms with Crippen LogP contribution in [0.5, 0.6) is 0 Å². The van der Waals surface area contributed by atoms with E-state index in [1.54, 1.807) is 12.1 Å². The highest BCUT2D eigenvalue weighted by Gasteiger charge is 2.10. The van der Waals surface area contributed by atoms with Gasteiger partial charge in [-0.25, -0.2) is 8.42 Å². The van der Waals surface area contributed by atoms with Gasteiger partial charge in [0.1, 0.15) is 0 Å². The summed E-state index contributed by atoms with van der Waals surface area (Å²) < 4.78 is 25.1. The topological polar surface area (TPSA) is 63.2 Å². The molecule has 0 spiro atoms. The van der Waals surface area contributed by atoms with E-state index in [2.05, 4.69) is 36.6 Å². The third kappa shape index (κ3) is 5.37. The van der Waals surface area contributed by atoms with E-state index in [9.17, 15) is 13.2 Å². The molecule has 1 aromatic rings. The summed E-state index contributed by atoms with van der Waals surface area (Å²) >= 11 is 6.26. The van der Waals surface area contributed by atoms with Crippen LogP contribution in [-0.4, -0.2) is 25.8 Å². The van der Waals surface area contributed by atoms with Gasteiger partial charge in [0.25, 0.3) is 0 Å². The molecule has 0 aromatic heterocycles. The number of nitrogens with one attached hydrogen (secondary N) is 1. The molecule has 0 aliphatic carbocycles. The Bertz CT molecular complexity index is 519. The first-order valence-corrected chi connectivity index (χ1v) is 8.00. The highest BCUT2D eigenvalue weighted by molar-refractivity contribution is 9.10. The van der Waals surface area contributed by atoms with Crippen LogP contribution in [-0.2, 0) is 10.0 Å². The average Bonchev–Trinajstić information content (AvgIpc) is 2.18. The average molecular weight is 408 g/mol. The molecule has 0 amide bonds. The number of carbonyl (C=O) groups excluding carboxylic acids is 1. The summed E-state index contributed by atoms with van der Waals surface area (Å²) in [7, 11) is -3.35. The predicted octanol–water partition coefficient (Wildman–Crippen LogP) is 2.82. The highest BCUT2D eigenvalue weighted by Crippen LogP contribution is 2.24. The van der Waals surface area contributed by atoms with E-state index < -0.39 is 10.0 Å². The fraction of sp³-hybridized carbons (Fsp3) is 0.222. The second kappa shape index (κ2) is 6.72. The number of rotatable bonds is 4. The molecule has 0 fully saturated rings. The molecule has 0 saturated heterocycles. The normalized spacial score (nSPS) is 10.5. The van der Waals surface area contributed by atoms with Crippen molar-refractivity contribution in [1.82, 2.24) is 0 Å². The van der Waals surface area contributed by atoms with Gasteiger partial charge in [0.2, 0.25) is 10.0 Å². The van der Waals surface area contributed by atoms with Crippen LogP contribution in [0.25, 0.3) is 0 Å². The van der Waals surface area contributed by atoms with Gasteiger partial charge in [-0.3, -0.25) is 9.52 Å². The smallest absolute Gasteiger partial charge is 0.229 e. The van der Waals surface area contributed by atoms with Gasteiger partial charge in [-0.05, 0) is 28.1 Å². The maximum atomic E-state index is 11.4. The molecule has 0 heterocycles. The number of halogens is 3. The van der Waals surface area contributed by atoms with Crippen LogP contribution in [0.2, 0.25) is 0 Å². The van der Waals surface area contributed by atoms with Crippen LogP contribution in [0.3, 0.4) is 0 Å². The van der Waals surface area contributed by atoms with Crippen LogP contribution in [0.4, 0.5) is 5.69 Å². The van der Waals surface area contributed by atoms with Crippen molar-refractivity contribution < 1.29 is 13.2 Å².